The van der Waals surface area contributed by atoms with Gasteiger partial charge in [0.25, 0.3) is 18.3 Å². The van der Waals surface area contributed by atoms with Crippen molar-refractivity contribution in [2.75, 3.05) is 0 Å². The van der Waals surface area contributed by atoms with Gasteiger partial charge in [0.1, 0.15) is 0 Å². The summed E-state index contributed by atoms with van der Waals surface area (Å²) in [4.78, 5) is 30.8. The van der Waals surface area contributed by atoms with E-state index in [0.29, 0.717) is 5.56 Å². The summed E-state index contributed by atoms with van der Waals surface area (Å²) in [5, 5.41) is 6.89. The maximum absolute atomic E-state index is 11.4. The van der Waals surface area contributed by atoms with Crippen LogP contribution in [-0.2, 0) is 9.59 Å². The Hall–Kier alpha value is -2.41. The second-order valence-corrected chi connectivity index (χ2v) is 3.20. The summed E-state index contributed by atoms with van der Waals surface area (Å²) in [7, 11) is 0. The van der Waals surface area contributed by atoms with Crippen LogP contribution in [0.4, 0.5) is 0 Å². The molecule has 0 bridgehead atoms. The molecule has 0 heterocycles. The molecule has 1 aromatic rings. The summed E-state index contributed by atoms with van der Waals surface area (Å²) in [6, 6.07) is 7.92. The van der Waals surface area contributed by atoms with Crippen LogP contribution in [0.5, 0.6) is 0 Å². The molecule has 0 saturated carbocycles. The molecular weight excluding hydrogens is 238 g/mol. The molecule has 1 atom stereocenters. The molecule has 0 aromatic heterocycles. The molecule has 18 heavy (non-hydrogen) atoms. The van der Waals surface area contributed by atoms with Crippen molar-refractivity contribution >= 4 is 18.3 Å². The zero-order valence-electron chi connectivity index (χ0n) is 9.79. The third-order valence-electron chi connectivity index (χ3n) is 1.75. The third kappa shape index (κ3) is 6.23. The summed E-state index contributed by atoms with van der Waals surface area (Å²) in [5.74, 6) is -0.802. The van der Waals surface area contributed by atoms with E-state index in [1.54, 1.807) is 30.3 Å². The van der Waals surface area contributed by atoms with Crippen LogP contribution in [0, 0.1) is 0 Å². The summed E-state index contributed by atoms with van der Waals surface area (Å²) >= 11 is 0. The minimum absolute atomic E-state index is 0.250. The quantitative estimate of drug-likeness (QED) is 0.418. The van der Waals surface area contributed by atoms with E-state index in [9.17, 15) is 9.59 Å². The molecule has 0 radical (unpaired) electrons. The van der Waals surface area contributed by atoms with Gasteiger partial charge in [-0.1, -0.05) is 18.2 Å². The minimum Gasteiger partial charge on any atom is -0.483 e. The lowest BCUT2D eigenvalue weighted by Gasteiger charge is -2.08. The van der Waals surface area contributed by atoms with Gasteiger partial charge in [-0.3, -0.25) is 25.2 Å². The number of hydrazine groups is 1. The van der Waals surface area contributed by atoms with Crippen molar-refractivity contribution in [3.05, 3.63) is 35.9 Å². The highest BCUT2D eigenvalue weighted by Crippen LogP contribution is 1.96. The van der Waals surface area contributed by atoms with Crippen molar-refractivity contribution in [1.29, 1.82) is 0 Å². The molecule has 98 valence electrons. The Kier molecular flexibility index (Phi) is 7.54. The number of carbonyl (C=O) groups excluding carboxylic acids is 2. The van der Waals surface area contributed by atoms with E-state index in [0.717, 1.165) is 0 Å². The fourth-order valence-corrected chi connectivity index (χ4v) is 0.894. The lowest BCUT2D eigenvalue weighted by atomic mass is 10.2. The molecule has 0 saturated heterocycles. The van der Waals surface area contributed by atoms with Gasteiger partial charge in [-0.2, -0.15) is 0 Å². The van der Waals surface area contributed by atoms with E-state index in [-0.39, 0.29) is 12.4 Å². The summed E-state index contributed by atoms with van der Waals surface area (Å²) < 4.78 is 0. The normalized spacial score (nSPS) is 10.3. The van der Waals surface area contributed by atoms with Gasteiger partial charge in [0, 0.05) is 5.56 Å². The molecule has 1 rings (SSSR count). The van der Waals surface area contributed by atoms with Crippen LogP contribution in [0.1, 0.15) is 17.3 Å². The first-order chi connectivity index (χ1) is 8.52. The fourth-order valence-electron chi connectivity index (χ4n) is 0.894. The third-order valence-corrected chi connectivity index (χ3v) is 1.75. The molecule has 0 spiro atoms. The molecule has 0 aliphatic rings. The number of benzene rings is 1. The second kappa shape index (κ2) is 8.71. The van der Waals surface area contributed by atoms with Crippen LogP contribution >= 0.6 is 0 Å². The van der Waals surface area contributed by atoms with E-state index in [1.807, 2.05) is 0 Å². The molecular formula is C11H15N3O4. The Balaban J connectivity index is 0.000000873. The largest absolute Gasteiger partial charge is 0.483 e. The number of nitrogens with one attached hydrogen (secondary N) is 2. The van der Waals surface area contributed by atoms with Crippen molar-refractivity contribution in [2.24, 2.45) is 5.73 Å². The maximum atomic E-state index is 11.4. The van der Waals surface area contributed by atoms with Gasteiger partial charge in [0.05, 0.1) is 6.04 Å². The number of rotatable bonds is 2. The van der Waals surface area contributed by atoms with Crippen molar-refractivity contribution in [3.8, 4) is 0 Å². The second-order valence-electron chi connectivity index (χ2n) is 3.20. The fraction of sp³-hybridized carbons (Fsp3) is 0.182. The van der Waals surface area contributed by atoms with Crippen molar-refractivity contribution in [2.45, 2.75) is 13.0 Å². The van der Waals surface area contributed by atoms with Gasteiger partial charge in [-0.05, 0) is 19.1 Å². The molecule has 0 aliphatic heterocycles. The molecule has 7 nitrogen and oxygen atoms in total. The minimum atomic E-state index is -0.652. The SMILES string of the molecule is CC(N)C(=O)NNC(=O)c1ccccc1.O=CO. The molecule has 2 amide bonds. The van der Waals surface area contributed by atoms with Gasteiger partial charge in [0.2, 0.25) is 0 Å². The first-order valence-corrected chi connectivity index (χ1v) is 5.01. The number of nitrogens with two attached hydrogens (primary N) is 1. The lowest BCUT2D eigenvalue weighted by molar-refractivity contribution is -0.123. The summed E-state index contributed by atoms with van der Waals surface area (Å²) in [6.07, 6.45) is 0. The van der Waals surface area contributed by atoms with Crippen molar-refractivity contribution < 1.29 is 19.5 Å². The number of hydrogen-bond acceptors (Lipinski definition) is 4. The highest BCUT2D eigenvalue weighted by atomic mass is 16.3. The number of amides is 2. The van der Waals surface area contributed by atoms with Crippen LogP contribution in [-0.4, -0.2) is 29.4 Å². The van der Waals surface area contributed by atoms with Gasteiger partial charge in [-0.25, -0.2) is 0 Å². The maximum Gasteiger partial charge on any atom is 0.290 e. The Morgan fingerprint density at radius 1 is 1.28 bits per heavy atom. The predicted octanol–water partition coefficient (Wildman–Crippen LogP) is -0.504. The molecule has 1 aromatic carbocycles. The van der Waals surface area contributed by atoms with E-state index in [1.165, 1.54) is 6.92 Å². The Bertz CT molecular complexity index is 393. The average Bonchev–Trinajstić information content (AvgIpc) is 2.37. The zero-order chi connectivity index (χ0) is 14.0. The first kappa shape index (κ1) is 15.6. The molecule has 0 aliphatic carbocycles. The Morgan fingerprint density at radius 2 is 1.78 bits per heavy atom. The number of carbonyl (C=O) groups is 3. The molecule has 5 N–H and O–H groups in total. The van der Waals surface area contributed by atoms with E-state index >= 15 is 0 Å². The van der Waals surface area contributed by atoms with Gasteiger partial charge >= 0.3 is 0 Å². The number of carboxylic acid groups (broad SMARTS) is 1. The van der Waals surface area contributed by atoms with E-state index in [4.69, 9.17) is 15.6 Å². The summed E-state index contributed by atoms with van der Waals surface area (Å²) in [6.45, 7) is 1.28. The van der Waals surface area contributed by atoms with Crippen LogP contribution < -0.4 is 16.6 Å². The highest BCUT2D eigenvalue weighted by Gasteiger charge is 2.09. The van der Waals surface area contributed by atoms with Crippen LogP contribution in [0.15, 0.2) is 30.3 Å². The van der Waals surface area contributed by atoms with Gasteiger partial charge in [0.15, 0.2) is 0 Å². The summed E-state index contributed by atoms with van der Waals surface area (Å²) in [5.41, 5.74) is 10.3. The van der Waals surface area contributed by atoms with Crippen LogP contribution in [0.3, 0.4) is 0 Å². The van der Waals surface area contributed by atoms with Crippen LogP contribution in [0.2, 0.25) is 0 Å². The van der Waals surface area contributed by atoms with Crippen molar-refractivity contribution in [1.82, 2.24) is 10.9 Å². The number of hydrogen-bond donors (Lipinski definition) is 4. The predicted molar refractivity (Wildman–Crippen MR) is 64.4 cm³/mol. The highest BCUT2D eigenvalue weighted by molar-refractivity contribution is 5.95. The first-order valence-electron chi connectivity index (χ1n) is 5.01. The standard InChI is InChI=1S/C10H13N3O2.CH2O2/c1-7(11)9(14)12-13-10(15)8-5-3-2-4-6-8;2-1-3/h2-7H,11H2,1H3,(H,12,14)(H,13,15);1H,(H,2,3). The Morgan fingerprint density at radius 3 is 2.22 bits per heavy atom. The van der Waals surface area contributed by atoms with Crippen LogP contribution in [0.25, 0.3) is 0 Å². The van der Waals surface area contributed by atoms with Gasteiger partial charge in [-0.15, -0.1) is 0 Å². The zero-order valence-corrected chi connectivity index (χ0v) is 9.79. The van der Waals surface area contributed by atoms with Crippen molar-refractivity contribution in [3.63, 3.8) is 0 Å². The average molecular weight is 253 g/mol. The topological polar surface area (TPSA) is 122 Å². The molecule has 7 heteroatoms. The Labute approximate surface area is 104 Å². The van der Waals surface area contributed by atoms with Gasteiger partial charge < -0.3 is 10.8 Å². The van der Waals surface area contributed by atoms with E-state index < -0.39 is 11.9 Å². The smallest absolute Gasteiger partial charge is 0.290 e. The monoisotopic (exact) mass is 253 g/mol. The van der Waals surface area contributed by atoms with E-state index in [2.05, 4.69) is 10.9 Å². The molecule has 1 unspecified atom stereocenters. The molecule has 0 fully saturated rings. The lowest BCUT2D eigenvalue weighted by Crippen LogP contribution is -2.48.